The molecular weight excluding hydrogens is 404 g/mol. The van der Waals surface area contributed by atoms with E-state index in [2.05, 4.69) is 5.32 Å². The summed E-state index contributed by atoms with van der Waals surface area (Å²) in [6.07, 6.45) is 0.525. The van der Waals surface area contributed by atoms with E-state index in [4.69, 9.17) is 9.84 Å². The highest BCUT2D eigenvalue weighted by molar-refractivity contribution is 5.92. The molecule has 1 amide bonds. The SMILES string of the molecule is COc1ccccc1NC(=O)CCc1c(C)c2c(C)nn(-c3ccccc3)c2n(C)c1=O. The number of nitrogens with one attached hydrogen (secondary N) is 1. The van der Waals surface area contributed by atoms with Gasteiger partial charge < -0.3 is 10.1 Å². The van der Waals surface area contributed by atoms with E-state index in [0.717, 1.165) is 28.0 Å². The minimum atomic E-state index is -0.173. The zero-order valence-corrected chi connectivity index (χ0v) is 18.7. The molecule has 0 radical (unpaired) electrons. The smallest absolute Gasteiger partial charge is 0.255 e. The summed E-state index contributed by atoms with van der Waals surface area (Å²) in [5, 5.41) is 8.51. The molecule has 0 bridgehead atoms. The van der Waals surface area contributed by atoms with Gasteiger partial charge in [-0.05, 0) is 50.1 Å². The van der Waals surface area contributed by atoms with Crippen molar-refractivity contribution >= 4 is 22.6 Å². The number of anilines is 1. The number of amides is 1. The summed E-state index contributed by atoms with van der Waals surface area (Å²) in [6, 6.07) is 17.0. The second kappa shape index (κ2) is 8.70. The molecule has 2 aromatic heterocycles. The maximum atomic E-state index is 13.2. The van der Waals surface area contributed by atoms with Crippen LogP contribution in [-0.4, -0.2) is 27.4 Å². The highest BCUT2D eigenvalue weighted by Gasteiger charge is 2.20. The number of hydrogen-bond donors (Lipinski definition) is 1. The van der Waals surface area contributed by atoms with Gasteiger partial charge in [-0.3, -0.25) is 14.2 Å². The third-order valence-electron chi connectivity index (χ3n) is 5.73. The van der Waals surface area contributed by atoms with Crippen molar-refractivity contribution in [1.82, 2.24) is 14.3 Å². The van der Waals surface area contributed by atoms with E-state index in [9.17, 15) is 9.59 Å². The second-order valence-corrected chi connectivity index (χ2v) is 7.75. The Hall–Kier alpha value is -3.87. The number of aryl methyl sites for hydroxylation is 3. The van der Waals surface area contributed by atoms with Crippen LogP contribution < -0.4 is 15.6 Å². The fraction of sp³-hybridized carbons (Fsp3) is 0.240. The fourth-order valence-electron chi connectivity index (χ4n) is 4.12. The Labute approximate surface area is 186 Å². The molecule has 0 spiro atoms. The van der Waals surface area contributed by atoms with Crippen LogP contribution in [0.3, 0.4) is 0 Å². The summed E-state index contributed by atoms with van der Waals surface area (Å²) in [4.78, 5) is 25.8. The Bertz CT molecular complexity index is 1350. The molecular formula is C25H26N4O3. The van der Waals surface area contributed by atoms with Crippen molar-refractivity contribution in [3.63, 3.8) is 0 Å². The molecule has 0 atom stereocenters. The van der Waals surface area contributed by atoms with Crippen molar-refractivity contribution in [3.8, 4) is 11.4 Å². The number of hydrogen-bond acceptors (Lipinski definition) is 4. The van der Waals surface area contributed by atoms with E-state index >= 15 is 0 Å². The molecule has 0 saturated carbocycles. The van der Waals surface area contributed by atoms with Crippen LogP contribution in [-0.2, 0) is 18.3 Å². The van der Waals surface area contributed by atoms with Gasteiger partial charge in [-0.2, -0.15) is 5.10 Å². The number of carbonyl (C=O) groups excluding carboxylic acids is 1. The first-order chi connectivity index (χ1) is 15.4. The molecule has 4 aromatic rings. The summed E-state index contributed by atoms with van der Waals surface area (Å²) in [5.41, 5.74) is 4.48. The number of carbonyl (C=O) groups is 1. The molecule has 0 aliphatic rings. The van der Waals surface area contributed by atoms with Gasteiger partial charge in [0.25, 0.3) is 5.56 Å². The van der Waals surface area contributed by atoms with Gasteiger partial charge in [-0.1, -0.05) is 30.3 Å². The van der Waals surface area contributed by atoms with Gasteiger partial charge in [-0.25, -0.2) is 4.68 Å². The van der Waals surface area contributed by atoms with Crippen molar-refractivity contribution in [1.29, 1.82) is 0 Å². The van der Waals surface area contributed by atoms with Crippen LogP contribution in [0.2, 0.25) is 0 Å². The molecule has 0 unspecified atom stereocenters. The number of nitrogens with zero attached hydrogens (tertiary/aromatic N) is 3. The first-order valence-electron chi connectivity index (χ1n) is 10.5. The summed E-state index contributed by atoms with van der Waals surface area (Å²) in [7, 11) is 3.31. The Morgan fingerprint density at radius 2 is 1.75 bits per heavy atom. The van der Waals surface area contributed by atoms with Gasteiger partial charge in [0.1, 0.15) is 11.4 Å². The minimum absolute atomic E-state index is 0.114. The number of benzene rings is 2. The normalized spacial score (nSPS) is 11.0. The van der Waals surface area contributed by atoms with E-state index in [-0.39, 0.29) is 17.9 Å². The molecule has 2 aromatic carbocycles. The lowest BCUT2D eigenvalue weighted by molar-refractivity contribution is -0.116. The lowest BCUT2D eigenvalue weighted by Crippen LogP contribution is -2.25. The minimum Gasteiger partial charge on any atom is -0.495 e. The molecule has 0 aliphatic heterocycles. The molecule has 4 rings (SSSR count). The topological polar surface area (TPSA) is 78.2 Å². The van der Waals surface area contributed by atoms with Crippen LogP contribution in [0.25, 0.3) is 16.7 Å². The predicted octanol–water partition coefficient (Wildman–Crippen LogP) is 3.92. The lowest BCUT2D eigenvalue weighted by Gasteiger charge is -2.13. The average molecular weight is 431 g/mol. The van der Waals surface area contributed by atoms with Gasteiger partial charge in [-0.15, -0.1) is 0 Å². The standard InChI is InChI=1S/C25H26N4O3/c1-16-19(14-15-22(30)26-20-12-8-9-13-21(20)32-4)25(31)28(3)24-23(16)17(2)27-29(24)18-10-6-5-7-11-18/h5-13H,14-15H2,1-4H3,(H,26,30). The Balaban J connectivity index is 1.66. The van der Waals surface area contributed by atoms with Crippen LogP contribution in [0.5, 0.6) is 5.75 Å². The molecule has 0 saturated heterocycles. The first-order valence-corrected chi connectivity index (χ1v) is 10.5. The van der Waals surface area contributed by atoms with Gasteiger partial charge in [0.05, 0.1) is 24.2 Å². The van der Waals surface area contributed by atoms with Crippen LogP contribution in [0, 0.1) is 13.8 Å². The Morgan fingerprint density at radius 1 is 1.06 bits per heavy atom. The number of para-hydroxylation sites is 3. The molecule has 2 heterocycles. The highest BCUT2D eigenvalue weighted by atomic mass is 16.5. The second-order valence-electron chi connectivity index (χ2n) is 7.75. The predicted molar refractivity (Wildman–Crippen MR) is 126 cm³/mol. The summed E-state index contributed by atoms with van der Waals surface area (Å²) >= 11 is 0. The van der Waals surface area contributed by atoms with Gasteiger partial charge >= 0.3 is 0 Å². The third-order valence-corrected chi connectivity index (χ3v) is 5.73. The van der Waals surface area contributed by atoms with Crippen LogP contribution in [0.1, 0.15) is 23.2 Å². The van der Waals surface area contributed by atoms with Crippen molar-refractivity contribution in [2.75, 3.05) is 12.4 Å². The van der Waals surface area contributed by atoms with Crippen LogP contribution in [0.15, 0.2) is 59.4 Å². The molecule has 164 valence electrons. The monoisotopic (exact) mass is 430 g/mol. The van der Waals surface area contributed by atoms with Gasteiger partial charge in [0.2, 0.25) is 5.91 Å². The first kappa shape index (κ1) is 21.4. The largest absolute Gasteiger partial charge is 0.495 e. The van der Waals surface area contributed by atoms with E-state index in [1.54, 1.807) is 35.5 Å². The molecule has 1 N–H and O–H groups in total. The third kappa shape index (κ3) is 3.77. The number of ether oxygens (including phenoxy) is 1. The highest BCUT2D eigenvalue weighted by Crippen LogP contribution is 2.26. The number of aromatic nitrogens is 3. The van der Waals surface area contributed by atoms with E-state index < -0.39 is 0 Å². The zero-order valence-electron chi connectivity index (χ0n) is 18.7. The van der Waals surface area contributed by atoms with Crippen molar-refractivity contribution < 1.29 is 9.53 Å². The number of methoxy groups -OCH3 is 1. The molecule has 7 nitrogen and oxygen atoms in total. The van der Waals surface area contributed by atoms with Gasteiger partial charge in [0, 0.05) is 24.4 Å². The molecule has 0 fully saturated rings. The number of rotatable bonds is 6. The van der Waals surface area contributed by atoms with E-state index in [1.807, 2.05) is 56.3 Å². The maximum absolute atomic E-state index is 13.2. The van der Waals surface area contributed by atoms with E-state index in [0.29, 0.717) is 23.4 Å². The zero-order chi connectivity index (χ0) is 22.8. The molecule has 32 heavy (non-hydrogen) atoms. The average Bonchev–Trinajstić information content (AvgIpc) is 3.16. The van der Waals surface area contributed by atoms with E-state index in [1.165, 1.54) is 0 Å². The Morgan fingerprint density at radius 3 is 2.47 bits per heavy atom. The van der Waals surface area contributed by atoms with Crippen molar-refractivity contribution in [2.24, 2.45) is 7.05 Å². The van der Waals surface area contributed by atoms with Crippen molar-refractivity contribution in [3.05, 3.63) is 81.8 Å². The molecule has 0 aliphatic carbocycles. The number of pyridine rings is 1. The Kier molecular flexibility index (Phi) is 5.81. The van der Waals surface area contributed by atoms with Crippen molar-refractivity contribution in [2.45, 2.75) is 26.7 Å². The maximum Gasteiger partial charge on any atom is 0.255 e. The summed E-state index contributed by atoms with van der Waals surface area (Å²) in [5.74, 6) is 0.422. The van der Waals surface area contributed by atoms with Crippen LogP contribution in [0.4, 0.5) is 5.69 Å². The quantitative estimate of drug-likeness (QED) is 0.503. The lowest BCUT2D eigenvalue weighted by atomic mass is 10.0. The van der Waals surface area contributed by atoms with Gasteiger partial charge in [0.15, 0.2) is 0 Å². The summed E-state index contributed by atoms with van der Waals surface area (Å²) < 4.78 is 8.72. The number of fused-ring (bicyclic) bond motifs is 1. The van der Waals surface area contributed by atoms with Crippen LogP contribution >= 0.6 is 0 Å². The summed E-state index contributed by atoms with van der Waals surface area (Å²) in [6.45, 7) is 3.87. The molecule has 7 heteroatoms. The fourth-order valence-corrected chi connectivity index (χ4v) is 4.12.